The van der Waals surface area contributed by atoms with Crippen molar-refractivity contribution in [3.05, 3.63) is 0 Å². The van der Waals surface area contributed by atoms with Gasteiger partial charge in [0.2, 0.25) is 0 Å². The molecule has 0 aliphatic carbocycles. The van der Waals surface area contributed by atoms with Crippen molar-refractivity contribution in [3.63, 3.8) is 0 Å². The van der Waals surface area contributed by atoms with E-state index in [4.69, 9.17) is 18.9 Å². The van der Waals surface area contributed by atoms with Gasteiger partial charge in [-0.1, -0.05) is 34.6 Å². The van der Waals surface area contributed by atoms with Gasteiger partial charge in [-0.15, -0.1) is 0 Å². The van der Waals surface area contributed by atoms with E-state index in [0.29, 0.717) is 25.9 Å². The normalized spacial score (nSPS) is 16.0. The van der Waals surface area contributed by atoms with Crippen LogP contribution < -0.4 is 0 Å². The number of ether oxygens (including phenoxy) is 4. The van der Waals surface area contributed by atoms with Crippen LogP contribution in [-0.2, 0) is 18.9 Å². The molecule has 0 saturated heterocycles. The Bertz CT molecular complexity index is 203. The first-order valence-corrected chi connectivity index (χ1v) is 9.02. The Morgan fingerprint density at radius 1 is 0.500 bits per heavy atom. The highest BCUT2D eigenvalue weighted by atomic mass is 16.6. The van der Waals surface area contributed by atoms with Crippen LogP contribution in [0.4, 0.5) is 0 Å². The summed E-state index contributed by atoms with van der Waals surface area (Å²) in [7, 11) is 1.73. The van der Waals surface area contributed by atoms with Crippen molar-refractivity contribution >= 4 is 0 Å². The topological polar surface area (TPSA) is 36.9 Å². The number of hydrogen-bond donors (Lipinski definition) is 0. The van der Waals surface area contributed by atoms with Crippen LogP contribution in [0.2, 0.25) is 0 Å². The smallest absolute Gasteiger partial charge is 0.0807 e. The van der Waals surface area contributed by atoms with Gasteiger partial charge in [-0.3, -0.25) is 0 Å². The molecule has 4 heteroatoms. The number of hydrogen-bond acceptors (Lipinski definition) is 4. The minimum atomic E-state index is 0.131. The van der Waals surface area contributed by atoms with Gasteiger partial charge in [0.25, 0.3) is 0 Å². The first-order valence-electron chi connectivity index (χ1n) is 9.02. The summed E-state index contributed by atoms with van der Waals surface area (Å²) in [5.41, 5.74) is 0. The minimum Gasteiger partial charge on any atom is -0.379 e. The number of rotatable bonds is 15. The zero-order valence-corrected chi connectivity index (χ0v) is 15.6. The molecule has 3 unspecified atom stereocenters. The van der Waals surface area contributed by atoms with Crippen LogP contribution in [0.25, 0.3) is 0 Å². The van der Waals surface area contributed by atoms with Crippen molar-refractivity contribution in [1.82, 2.24) is 0 Å². The van der Waals surface area contributed by atoms with Crippen molar-refractivity contribution in [3.8, 4) is 0 Å². The summed E-state index contributed by atoms with van der Waals surface area (Å²) in [6, 6.07) is 0. The Balaban J connectivity index is 4.05. The highest BCUT2D eigenvalue weighted by Gasteiger charge is 2.15. The molecule has 0 fully saturated rings. The fourth-order valence-electron chi connectivity index (χ4n) is 2.17. The van der Waals surface area contributed by atoms with E-state index in [0.717, 1.165) is 32.1 Å². The molecule has 0 radical (unpaired) electrons. The summed E-state index contributed by atoms with van der Waals surface area (Å²) in [5, 5.41) is 0. The molecule has 0 aromatic carbocycles. The maximum atomic E-state index is 5.99. The third kappa shape index (κ3) is 9.78. The van der Waals surface area contributed by atoms with E-state index in [-0.39, 0.29) is 18.3 Å². The molecule has 0 aromatic heterocycles. The van der Waals surface area contributed by atoms with Crippen molar-refractivity contribution in [2.24, 2.45) is 0 Å². The van der Waals surface area contributed by atoms with E-state index < -0.39 is 0 Å². The Morgan fingerprint density at radius 3 is 1.14 bits per heavy atom. The Hall–Kier alpha value is -0.160. The molecule has 0 saturated carbocycles. The lowest BCUT2D eigenvalue weighted by atomic mass is 10.2. The molecule has 0 bridgehead atoms. The molecule has 0 aliphatic rings. The Labute approximate surface area is 137 Å². The highest BCUT2D eigenvalue weighted by molar-refractivity contribution is 4.62. The fourth-order valence-corrected chi connectivity index (χ4v) is 2.17. The summed E-state index contributed by atoms with van der Waals surface area (Å²) < 4.78 is 23.2. The fraction of sp³-hybridized carbons (Fsp3) is 1.00. The molecule has 0 N–H and O–H groups in total. The van der Waals surface area contributed by atoms with Gasteiger partial charge in [-0.05, 0) is 32.1 Å². The van der Waals surface area contributed by atoms with Gasteiger partial charge in [0.1, 0.15) is 0 Å². The molecule has 3 atom stereocenters. The SMILES string of the molecule is CCC(COC(CC)COC(CC)COC(CC)CC)OC. The van der Waals surface area contributed by atoms with Crippen LogP contribution in [0.1, 0.15) is 66.7 Å². The van der Waals surface area contributed by atoms with Gasteiger partial charge < -0.3 is 18.9 Å². The molecule has 0 aliphatic heterocycles. The maximum absolute atomic E-state index is 5.99. The molecule has 0 spiro atoms. The van der Waals surface area contributed by atoms with Gasteiger partial charge in [-0.25, -0.2) is 0 Å². The monoisotopic (exact) mass is 318 g/mol. The van der Waals surface area contributed by atoms with Crippen LogP contribution in [0.5, 0.6) is 0 Å². The Kier molecular flexibility index (Phi) is 14.3. The first kappa shape index (κ1) is 21.8. The summed E-state index contributed by atoms with van der Waals surface area (Å²) in [6.07, 6.45) is 5.81. The van der Waals surface area contributed by atoms with E-state index in [1.54, 1.807) is 7.11 Å². The van der Waals surface area contributed by atoms with Crippen LogP contribution in [0.3, 0.4) is 0 Å². The summed E-state index contributed by atoms with van der Waals surface area (Å²) >= 11 is 0. The second kappa shape index (κ2) is 14.4. The van der Waals surface area contributed by atoms with Gasteiger partial charge >= 0.3 is 0 Å². The molecule has 0 aromatic rings. The van der Waals surface area contributed by atoms with Crippen LogP contribution in [-0.4, -0.2) is 51.3 Å². The zero-order chi connectivity index (χ0) is 16.8. The Morgan fingerprint density at radius 2 is 0.818 bits per heavy atom. The van der Waals surface area contributed by atoms with Gasteiger partial charge in [0.15, 0.2) is 0 Å². The van der Waals surface area contributed by atoms with Crippen molar-refractivity contribution in [2.45, 2.75) is 91.1 Å². The lowest BCUT2D eigenvalue weighted by Crippen LogP contribution is -2.30. The molecule has 22 heavy (non-hydrogen) atoms. The van der Waals surface area contributed by atoms with Crippen LogP contribution in [0.15, 0.2) is 0 Å². The third-order valence-electron chi connectivity index (χ3n) is 4.16. The van der Waals surface area contributed by atoms with Gasteiger partial charge in [-0.2, -0.15) is 0 Å². The lowest BCUT2D eigenvalue weighted by Gasteiger charge is -2.24. The first-order chi connectivity index (χ1) is 10.6. The highest BCUT2D eigenvalue weighted by Crippen LogP contribution is 2.10. The van der Waals surface area contributed by atoms with Crippen LogP contribution >= 0.6 is 0 Å². The zero-order valence-electron chi connectivity index (χ0n) is 15.6. The average Bonchev–Trinajstić information content (AvgIpc) is 2.56. The van der Waals surface area contributed by atoms with E-state index in [1.165, 1.54) is 0 Å². The van der Waals surface area contributed by atoms with Crippen molar-refractivity contribution in [2.75, 3.05) is 26.9 Å². The predicted molar refractivity (Wildman–Crippen MR) is 91.5 cm³/mol. The average molecular weight is 318 g/mol. The van der Waals surface area contributed by atoms with E-state index in [2.05, 4.69) is 34.6 Å². The quantitative estimate of drug-likeness (QED) is 0.453. The largest absolute Gasteiger partial charge is 0.379 e. The van der Waals surface area contributed by atoms with E-state index in [9.17, 15) is 0 Å². The maximum Gasteiger partial charge on any atom is 0.0807 e. The standard InChI is InChI=1S/C18H38O4/c1-7-15(8-2)20-13-17(10-4)22-14-18(11-5)21-12-16(9-3)19-6/h15-18H,7-14H2,1-6H3. The minimum absolute atomic E-state index is 0.131. The van der Waals surface area contributed by atoms with Crippen molar-refractivity contribution < 1.29 is 18.9 Å². The van der Waals surface area contributed by atoms with Gasteiger partial charge in [0, 0.05) is 7.11 Å². The summed E-state index contributed by atoms with van der Waals surface area (Å²) in [5.74, 6) is 0. The second-order valence-corrected chi connectivity index (χ2v) is 5.76. The molecule has 0 rings (SSSR count). The molecule has 0 heterocycles. The molecular formula is C18H38O4. The molecular weight excluding hydrogens is 280 g/mol. The molecule has 134 valence electrons. The summed E-state index contributed by atoms with van der Waals surface area (Å²) in [4.78, 5) is 0. The predicted octanol–water partition coefficient (Wildman–Crippen LogP) is 4.21. The third-order valence-corrected chi connectivity index (χ3v) is 4.16. The number of methoxy groups -OCH3 is 1. The van der Waals surface area contributed by atoms with E-state index in [1.807, 2.05) is 0 Å². The van der Waals surface area contributed by atoms with Crippen LogP contribution in [0, 0.1) is 0 Å². The second-order valence-electron chi connectivity index (χ2n) is 5.76. The van der Waals surface area contributed by atoms with Crippen molar-refractivity contribution in [1.29, 1.82) is 0 Å². The molecule has 4 nitrogen and oxygen atoms in total. The van der Waals surface area contributed by atoms with Gasteiger partial charge in [0.05, 0.1) is 44.2 Å². The lowest BCUT2D eigenvalue weighted by molar-refractivity contribution is -0.0966. The summed E-state index contributed by atoms with van der Waals surface area (Å²) in [6.45, 7) is 12.6. The van der Waals surface area contributed by atoms with E-state index >= 15 is 0 Å². The molecule has 0 amide bonds.